The van der Waals surface area contributed by atoms with Gasteiger partial charge in [-0.2, -0.15) is 0 Å². The summed E-state index contributed by atoms with van der Waals surface area (Å²) in [5, 5.41) is 2.36. The lowest BCUT2D eigenvalue weighted by molar-refractivity contribution is -0.113. The predicted molar refractivity (Wildman–Crippen MR) is 66.8 cm³/mol. The summed E-state index contributed by atoms with van der Waals surface area (Å²) in [6.45, 7) is 1.88. The molecular weight excluding hydrogens is 198 g/mol. The largest absolute Gasteiger partial charge is 0.366 e. The van der Waals surface area contributed by atoms with Gasteiger partial charge in [0.2, 0.25) is 5.91 Å². The van der Waals surface area contributed by atoms with Crippen molar-refractivity contribution in [2.45, 2.75) is 6.92 Å². The average molecular weight is 211 g/mol. The van der Waals surface area contributed by atoms with Crippen LogP contribution in [0.25, 0.3) is 16.3 Å². The highest BCUT2D eigenvalue weighted by Gasteiger charge is 1.99. The highest BCUT2D eigenvalue weighted by molar-refractivity contribution is 5.95. The number of benzene rings is 2. The zero-order chi connectivity index (χ0) is 11.5. The van der Waals surface area contributed by atoms with Gasteiger partial charge in [0.25, 0.3) is 0 Å². The van der Waals surface area contributed by atoms with E-state index in [-0.39, 0.29) is 0 Å². The Kier molecular flexibility index (Phi) is 2.73. The van der Waals surface area contributed by atoms with E-state index in [1.165, 1.54) is 11.5 Å². The van der Waals surface area contributed by atoms with E-state index in [4.69, 9.17) is 5.73 Å². The van der Waals surface area contributed by atoms with Crippen molar-refractivity contribution in [1.82, 2.24) is 0 Å². The first-order valence-corrected chi connectivity index (χ1v) is 5.14. The molecule has 2 heteroatoms. The first-order chi connectivity index (χ1) is 7.66. The third kappa shape index (κ3) is 2.11. The van der Waals surface area contributed by atoms with Gasteiger partial charge in [0.05, 0.1) is 0 Å². The van der Waals surface area contributed by atoms with E-state index in [2.05, 4.69) is 18.2 Å². The smallest absolute Gasteiger partial charge is 0.241 e. The summed E-state index contributed by atoms with van der Waals surface area (Å²) < 4.78 is 0. The molecule has 0 aromatic heterocycles. The number of allylic oxidation sites excluding steroid dienone is 1. The van der Waals surface area contributed by atoms with Crippen molar-refractivity contribution in [2.75, 3.05) is 0 Å². The van der Waals surface area contributed by atoms with Gasteiger partial charge in [-0.25, -0.2) is 0 Å². The molecule has 0 aliphatic rings. The van der Waals surface area contributed by atoms with Crippen LogP contribution < -0.4 is 5.73 Å². The molecule has 0 aliphatic heterocycles. The van der Waals surface area contributed by atoms with Gasteiger partial charge in [0.1, 0.15) is 0 Å². The van der Waals surface area contributed by atoms with Gasteiger partial charge in [0.15, 0.2) is 0 Å². The second kappa shape index (κ2) is 4.19. The van der Waals surface area contributed by atoms with Gasteiger partial charge in [-0.1, -0.05) is 36.4 Å². The van der Waals surface area contributed by atoms with Gasteiger partial charge in [-0.15, -0.1) is 0 Å². The number of hydrogen-bond acceptors (Lipinski definition) is 1. The SMILES string of the molecule is C/C(=C\C(N)=O)c1ccc2ccccc2c1. The number of nitrogens with two attached hydrogens (primary N) is 1. The zero-order valence-corrected chi connectivity index (χ0v) is 9.10. The fourth-order valence-electron chi connectivity index (χ4n) is 1.73. The number of primary amides is 1. The molecule has 2 rings (SSSR count). The molecular formula is C14H13NO. The van der Waals surface area contributed by atoms with Crippen LogP contribution in [0.3, 0.4) is 0 Å². The normalized spacial score (nSPS) is 11.7. The van der Waals surface area contributed by atoms with E-state index in [1.807, 2.05) is 31.2 Å². The molecule has 0 radical (unpaired) electrons. The zero-order valence-electron chi connectivity index (χ0n) is 9.10. The number of carbonyl (C=O) groups is 1. The summed E-state index contributed by atoms with van der Waals surface area (Å²) in [7, 11) is 0. The Morgan fingerprint density at radius 1 is 1.12 bits per heavy atom. The molecule has 16 heavy (non-hydrogen) atoms. The Balaban J connectivity index is 2.51. The highest BCUT2D eigenvalue weighted by Crippen LogP contribution is 2.20. The summed E-state index contributed by atoms with van der Waals surface area (Å²) >= 11 is 0. The molecule has 2 nitrogen and oxygen atoms in total. The van der Waals surface area contributed by atoms with Crippen molar-refractivity contribution in [3.63, 3.8) is 0 Å². The molecule has 2 aromatic rings. The van der Waals surface area contributed by atoms with Crippen LogP contribution in [-0.2, 0) is 4.79 Å². The van der Waals surface area contributed by atoms with E-state index in [0.717, 1.165) is 16.5 Å². The minimum absolute atomic E-state index is 0.411. The maximum atomic E-state index is 10.8. The monoisotopic (exact) mass is 211 g/mol. The third-order valence-electron chi connectivity index (χ3n) is 2.56. The summed E-state index contributed by atoms with van der Waals surface area (Å²) in [6, 6.07) is 14.2. The van der Waals surface area contributed by atoms with Crippen LogP contribution in [0.2, 0.25) is 0 Å². The summed E-state index contributed by atoms with van der Waals surface area (Å²) in [4.78, 5) is 10.8. The minimum Gasteiger partial charge on any atom is -0.366 e. The first kappa shape index (κ1) is 10.4. The average Bonchev–Trinajstić information content (AvgIpc) is 2.27. The molecule has 2 N–H and O–H groups in total. The molecule has 1 amide bonds. The summed E-state index contributed by atoms with van der Waals surface area (Å²) in [6.07, 6.45) is 1.45. The van der Waals surface area contributed by atoms with E-state index >= 15 is 0 Å². The van der Waals surface area contributed by atoms with Crippen LogP contribution in [0.1, 0.15) is 12.5 Å². The summed E-state index contributed by atoms with van der Waals surface area (Å²) in [5.74, 6) is -0.411. The molecule has 0 atom stereocenters. The van der Waals surface area contributed by atoms with Crippen LogP contribution >= 0.6 is 0 Å². The van der Waals surface area contributed by atoms with Crippen LogP contribution in [-0.4, -0.2) is 5.91 Å². The number of carbonyl (C=O) groups excluding carboxylic acids is 1. The van der Waals surface area contributed by atoms with Crippen LogP contribution in [0.5, 0.6) is 0 Å². The lowest BCUT2D eigenvalue weighted by Gasteiger charge is -2.03. The van der Waals surface area contributed by atoms with Gasteiger partial charge < -0.3 is 5.73 Å². The lowest BCUT2D eigenvalue weighted by Crippen LogP contribution is -2.06. The Morgan fingerprint density at radius 2 is 1.81 bits per heavy atom. The third-order valence-corrected chi connectivity index (χ3v) is 2.56. The molecule has 0 unspecified atom stereocenters. The molecule has 0 heterocycles. The van der Waals surface area contributed by atoms with Crippen molar-refractivity contribution in [1.29, 1.82) is 0 Å². The number of amides is 1. The topological polar surface area (TPSA) is 43.1 Å². The maximum Gasteiger partial charge on any atom is 0.241 e. The highest BCUT2D eigenvalue weighted by atomic mass is 16.1. The van der Waals surface area contributed by atoms with Crippen molar-refractivity contribution in [3.8, 4) is 0 Å². The fourth-order valence-corrected chi connectivity index (χ4v) is 1.73. The Morgan fingerprint density at radius 3 is 2.50 bits per heavy atom. The molecule has 0 spiro atoms. The van der Waals surface area contributed by atoms with Crippen molar-refractivity contribution >= 4 is 22.3 Å². The fraction of sp³-hybridized carbons (Fsp3) is 0.0714. The Hall–Kier alpha value is -2.09. The second-order valence-corrected chi connectivity index (χ2v) is 3.79. The lowest BCUT2D eigenvalue weighted by atomic mass is 10.0. The molecule has 0 bridgehead atoms. The van der Waals surface area contributed by atoms with Gasteiger partial charge in [0, 0.05) is 6.08 Å². The first-order valence-electron chi connectivity index (χ1n) is 5.14. The van der Waals surface area contributed by atoms with E-state index in [9.17, 15) is 4.79 Å². The van der Waals surface area contributed by atoms with Crippen molar-refractivity contribution in [3.05, 3.63) is 54.1 Å². The summed E-state index contributed by atoms with van der Waals surface area (Å²) in [5.41, 5.74) is 7.04. The van der Waals surface area contributed by atoms with E-state index in [0.29, 0.717) is 0 Å². The van der Waals surface area contributed by atoms with Crippen LogP contribution in [0.4, 0.5) is 0 Å². The molecule has 80 valence electrons. The van der Waals surface area contributed by atoms with Crippen molar-refractivity contribution < 1.29 is 4.79 Å². The minimum atomic E-state index is -0.411. The number of hydrogen-bond donors (Lipinski definition) is 1. The Bertz CT molecular complexity index is 570. The van der Waals surface area contributed by atoms with E-state index < -0.39 is 5.91 Å². The molecule has 2 aromatic carbocycles. The quantitative estimate of drug-likeness (QED) is 0.762. The molecule has 0 aliphatic carbocycles. The second-order valence-electron chi connectivity index (χ2n) is 3.79. The number of fused-ring (bicyclic) bond motifs is 1. The van der Waals surface area contributed by atoms with E-state index in [1.54, 1.807) is 0 Å². The van der Waals surface area contributed by atoms with Crippen LogP contribution in [0, 0.1) is 0 Å². The molecule has 0 fully saturated rings. The maximum absolute atomic E-state index is 10.8. The standard InChI is InChI=1S/C14H13NO/c1-10(8-14(15)16)12-7-6-11-4-2-3-5-13(11)9-12/h2-9H,1H3,(H2,15,16)/b10-8+. The van der Waals surface area contributed by atoms with Crippen molar-refractivity contribution in [2.24, 2.45) is 5.73 Å². The molecule has 0 saturated heterocycles. The number of rotatable bonds is 2. The van der Waals surface area contributed by atoms with Crippen LogP contribution in [0.15, 0.2) is 48.5 Å². The molecule has 0 saturated carbocycles. The van der Waals surface area contributed by atoms with Gasteiger partial charge in [-0.05, 0) is 34.9 Å². The predicted octanol–water partition coefficient (Wildman–Crippen LogP) is 2.73. The van der Waals surface area contributed by atoms with Gasteiger partial charge >= 0.3 is 0 Å². The van der Waals surface area contributed by atoms with Gasteiger partial charge in [-0.3, -0.25) is 4.79 Å². The Labute approximate surface area is 94.4 Å².